The number of hydrogen-bond donors (Lipinski definition) is 1. The van der Waals surface area contributed by atoms with Gasteiger partial charge in [-0.2, -0.15) is 0 Å². The van der Waals surface area contributed by atoms with Crippen molar-refractivity contribution in [3.8, 4) is 0 Å². The predicted octanol–water partition coefficient (Wildman–Crippen LogP) is 3.93. The van der Waals surface area contributed by atoms with Gasteiger partial charge in [-0.15, -0.1) is 0 Å². The average Bonchev–Trinajstić information content (AvgIpc) is 2.69. The maximum Gasteiger partial charge on any atom is 0.338 e. The highest BCUT2D eigenvalue weighted by Gasteiger charge is 2.29. The van der Waals surface area contributed by atoms with Gasteiger partial charge in [0.05, 0.1) is 18.2 Å². The quantitative estimate of drug-likeness (QED) is 0.489. The first kappa shape index (κ1) is 17.9. The highest BCUT2D eigenvalue weighted by atomic mass is 31.1. The summed E-state index contributed by atoms with van der Waals surface area (Å²) in [6, 6.07) is 4.56. The first-order valence-electron chi connectivity index (χ1n) is 8.08. The van der Waals surface area contributed by atoms with Crippen molar-refractivity contribution in [3.05, 3.63) is 88.6 Å². The number of carboxylic acids is 1. The number of allylic oxidation sites excluding steroid dienone is 8. The summed E-state index contributed by atoms with van der Waals surface area (Å²) in [5, 5.41) is 11.0. The molecule has 2 aliphatic carbocycles. The van der Waals surface area contributed by atoms with Crippen LogP contribution in [-0.2, 0) is 4.74 Å². The Hall–Kier alpha value is -2.89. The Morgan fingerprint density at radius 1 is 1.27 bits per heavy atom. The zero-order chi connectivity index (χ0) is 18.5. The van der Waals surface area contributed by atoms with Crippen molar-refractivity contribution in [2.45, 2.75) is 12.1 Å². The molecule has 1 aromatic rings. The molecule has 0 bridgehead atoms. The van der Waals surface area contributed by atoms with E-state index in [0.717, 1.165) is 11.7 Å². The zero-order valence-electron chi connectivity index (χ0n) is 14.2. The van der Waals surface area contributed by atoms with Gasteiger partial charge in [-0.3, -0.25) is 0 Å². The number of ether oxygens (including phenoxy) is 1. The minimum Gasteiger partial charge on any atom is -0.478 e. The summed E-state index contributed by atoms with van der Waals surface area (Å²) in [5.41, 5.74) is 6.79. The molecule has 0 amide bonds. The van der Waals surface area contributed by atoms with Gasteiger partial charge in [0, 0.05) is 11.0 Å². The minimum atomic E-state index is -1.06. The Morgan fingerprint density at radius 3 is 2.73 bits per heavy atom. The molecule has 0 radical (unpaired) electrons. The largest absolute Gasteiger partial charge is 0.478 e. The van der Waals surface area contributed by atoms with Crippen molar-refractivity contribution in [1.82, 2.24) is 0 Å². The molecule has 0 heterocycles. The molecule has 5 heteroatoms. The summed E-state index contributed by atoms with van der Waals surface area (Å²) in [6.07, 6.45) is 14.5. The lowest BCUT2D eigenvalue weighted by Crippen LogP contribution is -2.22. The van der Waals surface area contributed by atoms with Crippen LogP contribution in [0.25, 0.3) is 0 Å². The van der Waals surface area contributed by atoms with E-state index in [1.807, 2.05) is 24.3 Å². The Bertz CT molecular complexity index is 939. The second-order valence-electron chi connectivity index (χ2n) is 5.70. The van der Waals surface area contributed by atoms with Gasteiger partial charge in [-0.25, -0.2) is 9.59 Å². The third-order valence-corrected chi connectivity index (χ3v) is 6.81. The molecule has 2 atom stereocenters. The molecule has 0 fully saturated rings. The number of carboxylic acid groups (broad SMARTS) is 1. The van der Waals surface area contributed by atoms with Crippen LogP contribution in [0.4, 0.5) is 0 Å². The van der Waals surface area contributed by atoms with Crippen molar-refractivity contribution >= 4 is 25.2 Å². The van der Waals surface area contributed by atoms with Gasteiger partial charge >= 0.3 is 11.9 Å². The maximum absolute atomic E-state index is 12.3. The Balaban J connectivity index is 2.22. The fourth-order valence-corrected chi connectivity index (χ4v) is 5.59. The Kier molecular flexibility index (Phi) is 5.51. The summed E-state index contributed by atoms with van der Waals surface area (Å²) in [5.74, 6) is -1.50. The molecule has 26 heavy (non-hydrogen) atoms. The number of carbonyl (C=O) groups excluding carboxylic acids is 1. The van der Waals surface area contributed by atoms with Gasteiger partial charge in [0.25, 0.3) is 0 Å². The van der Waals surface area contributed by atoms with E-state index >= 15 is 0 Å². The summed E-state index contributed by atoms with van der Waals surface area (Å²) in [7, 11) is 0.267. The van der Waals surface area contributed by atoms with Gasteiger partial charge in [0.15, 0.2) is 0 Å². The lowest BCUT2D eigenvalue weighted by molar-refractivity contribution is 0.0600. The van der Waals surface area contributed by atoms with E-state index < -0.39 is 19.9 Å². The molecular formula is C21H17O4P. The molecule has 0 spiro atoms. The number of carbonyl (C=O) groups is 2. The molecule has 1 N–H and O–H groups in total. The molecule has 2 unspecified atom stereocenters. The Morgan fingerprint density at radius 2 is 2.12 bits per heavy atom. The summed E-state index contributed by atoms with van der Waals surface area (Å²) in [6.45, 7) is 0. The topological polar surface area (TPSA) is 63.6 Å². The van der Waals surface area contributed by atoms with Crippen LogP contribution in [0, 0.1) is 0 Å². The second kappa shape index (κ2) is 7.99. The van der Waals surface area contributed by atoms with Gasteiger partial charge in [0.1, 0.15) is 0 Å². The number of aromatic carboxylic acids is 1. The van der Waals surface area contributed by atoms with Crippen molar-refractivity contribution in [1.29, 1.82) is 0 Å². The average molecular weight is 364 g/mol. The summed E-state index contributed by atoms with van der Waals surface area (Å²) >= 11 is 0. The van der Waals surface area contributed by atoms with Gasteiger partial charge in [-0.05, 0) is 50.0 Å². The zero-order valence-corrected chi connectivity index (χ0v) is 15.1. The predicted molar refractivity (Wildman–Crippen MR) is 102 cm³/mol. The summed E-state index contributed by atoms with van der Waals surface area (Å²) < 4.78 is 4.92. The molecule has 130 valence electrons. The van der Waals surface area contributed by atoms with E-state index in [2.05, 4.69) is 23.6 Å². The molecule has 3 rings (SSSR count). The van der Waals surface area contributed by atoms with Crippen LogP contribution in [0.2, 0.25) is 0 Å². The van der Waals surface area contributed by atoms with Crippen LogP contribution in [0.15, 0.2) is 77.5 Å². The molecule has 0 aromatic heterocycles. The number of benzene rings is 1. The fraction of sp³-hybridized carbons (Fsp3) is 0.143. The van der Waals surface area contributed by atoms with Crippen LogP contribution in [0.1, 0.15) is 27.1 Å². The van der Waals surface area contributed by atoms with Crippen molar-refractivity contribution in [3.63, 3.8) is 0 Å². The molecule has 4 nitrogen and oxygen atoms in total. The van der Waals surface area contributed by atoms with Gasteiger partial charge in [0.2, 0.25) is 0 Å². The van der Waals surface area contributed by atoms with Gasteiger partial charge in [-0.1, -0.05) is 41.8 Å². The first-order chi connectivity index (χ1) is 12.6. The van der Waals surface area contributed by atoms with E-state index in [-0.39, 0.29) is 11.2 Å². The molecule has 1 aromatic carbocycles. The Labute approximate surface area is 152 Å². The van der Waals surface area contributed by atoms with Crippen molar-refractivity contribution < 1.29 is 19.4 Å². The van der Waals surface area contributed by atoms with Crippen LogP contribution in [0.3, 0.4) is 0 Å². The van der Waals surface area contributed by atoms with E-state index in [1.165, 1.54) is 19.2 Å². The molecular weight excluding hydrogens is 347 g/mol. The number of methoxy groups -OCH3 is 1. The number of hydrogen-bond acceptors (Lipinski definition) is 3. The lowest BCUT2D eigenvalue weighted by atomic mass is 10.1. The monoisotopic (exact) mass is 364 g/mol. The van der Waals surface area contributed by atoms with E-state index in [0.29, 0.717) is 10.9 Å². The highest BCUT2D eigenvalue weighted by Crippen LogP contribution is 2.52. The maximum atomic E-state index is 12.3. The number of esters is 1. The SMILES string of the molecule is COC(=O)c1ccc(C(=O)O)cc1P(C1=C=C=CC=C1)C1C=CC=CC1. The molecule has 2 aliphatic rings. The van der Waals surface area contributed by atoms with E-state index in [9.17, 15) is 14.7 Å². The van der Waals surface area contributed by atoms with Crippen LogP contribution < -0.4 is 5.30 Å². The standard InChI is InChI=1S/C21H17O4P/c1-25-21(24)18-13-12-15(20(22)23)14-19(18)26(16-8-4-2-5-9-16)17-10-6-3-7-11-17/h2-6,8,10,12-14,16H,9H2,1H3,(H,22,23). The van der Waals surface area contributed by atoms with Crippen LogP contribution in [0.5, 0.6) is 0 Å². The summed E-state index contributed by atoms with van der Waals surface area (Å²) in [4.78, 5) is 23.8. The molecule has 0 saturated carbocycles. The fourth-order valence-electron chi connectivity index (χ4n) is 2.88. The smallest absolute Gasteiger partial charge is 0.338 e. The highest BCUT2D eigenvalue weighted by molar-refractivity contribution is 7.71. The third-order valence-electron chi connectivity index (χ3n) is 4.09. The minimum absolute atomic E-state index is 0.134. The normalized spacial score (nSPS) is 18.5. The van der Waals surface area contributed by atoms with Crippen molar-refractivity contribution in [2.24, 2.45) is 0 Å². The first-order valence-corrected chi connectivity index (χ1v) is 9.49. The van der Waals surface area contributed by atoms with Crippen LogP contribution >= 0.6 is 7.92 Å². The van der Waals surface area contributed by atoms with Crippen molar-refractivity contribution in [2.75, 3.05) is 7.11 Å². The molecule has 0 aliphatic heterocycles. The number of rotatable bonds is 5. The lowest BCUT2D eigenvalue weighted by Gasteiger charge is -2.28. The molecule has 0 saturated heterocycles. The van der Waals surface area contributed by atoms with E-state index in [1.54, 1.807) is 12.1 Å². The van der Waals surface area contributed by atoms with E-state index in [4.69, 9.17) is 4.74 Å². The van der Waals surface area contributed by atoms with Gasteiger partial charge < -0.3 is 9.84 Å². The van der Waals surface area contributed by atoms with Crippen LogP contribution in [-0.4, -0.2) is 29.8 Å². The second-order valence-corrected chi connectivity index (χ2v) is 8.06. The third kappa shape index (κ3) is 3.69.